The van der Waals surface area contributed by atoms with Crippen molar-refractivity contribution in [2.45, 2.75) is 44.4 Å². The predicted molar refractivity (Wildman–Crippen MR) is 147 cm³/mol. The number of benzene rings is 2. The van der Waals surface area contributed by atoms with Crippen molar-refractivity contribution in [3.63, 3.8) is 0 Å². The van der Waals surface area contributed by atoms with Gasteiger partial charge in [0.15, 0.2) is 0 Å². The van der Waals surface area contributed by atoms with Gasteiger partial charge in [-0.3, -0.25) is 0 Å². The van der Waals surface area contributed by atoms with Crippen molar-refractivity contribution in [3.05, 3.63) is 94.4 Å². The van der Waals surface area contributed by atoms with Crippen LogP contribution in [0.25, 0.3) is 11.6 Å². The van der Waals surface area contributed by atoms with E-state index in [1.807, 2.05) is 24.3 Å². The van der Waals surface area contributed by atoms with Crippen molar-refractivity contribution in [3.8, 4) is 12.1 Å². The quantitative estimate of drug-likeness (QED) is 0.265. The van der Waals surface area contributed by atoms with Crippen LogP contribution >= 0.6 is 0 Å². The van der Waals surface area contributed by atoms with Crippen molar-refractivity contribution < 1.29 is 8.42 Å². The molecule has 5 nitrogen and oxygen atoms in total. The molecule has 3 rings (SSSR count). The van der Waals surface area contributed by atoms with Gasteiger partial charge in [0.1, 0.15) is 17.7 Å². The molecule has 0 N–H and O–H groups in total. The largest absolute Gasteiger partial charge is 0.372 e. The van der Waals surface area contributed by atoms with E-state index in [4.69, 9.17) is 0 Å². The zero-order valence-electron chi connectivity index (χ0n) is 20.8. The van der Waals surface area contributed by atoms with Gasteiger partial charge in [-0.1, -0.05) is 81.3 Å². The Balaban J connectivity index is 1.79. The first kappa shape index (κ1) is 26.7. The first-order chi connectivity index (χ1) is 17.5. The van der Waals surface area contributed by atoms with Crippen LogP contribution in [0.15, 0.2) is 88.2 Å². The van der Waals surface area contributed by atoms with Gasteiger partial charge in [-0.2, -0.15) is 10.5 Å². The van der Waals surface area contributed by atoms with E-state index in [1.54, 1.807) is 30.4 Å². The van der Waals surface area contributed by atoms with E-state index in [0.717, 1.165) is 18.7 Å². The van der Waals surface area contributed by atoms with E-state index < -0.39 is 9.84 Å². The normalized spacial score (nSPS) is 15.2. The molecular formula is C30H31N3O2S. The minimum atomic E-state index is -3.81. The lowest BCUT2D eigenvalue weighted by molar-refractivity contribution is 0.604. The molecule has 1 aliphatic heterocycles. The van der Waals surface area contributed by atoms with E-state index in [-0.39, 0.29) is 20.9 Å². The number of sulfone groups is 1. The highest BCUT2D eigenvalue weighted by molar-refractivity contribution is 7.96. The molecule has 1 heterocycles. The fourth-order valence-corrected chi connectivity index (χ4v) is 5.79. The third-order valence-corrected chi connectivity index (χ3v) is 7.89. The summed E-state index contributed by atoms with van der Waals surface area (Å²) in [6.45, 7) is 6.54. The van der Waals surface area contributed by atoms with Crippen LogP contribution in [0.1, 0.15) is 50.7 Å². The summed E-state index contributed by atoms with van der Waals surface area (Å²) in [7, 11) is -3.81. The molecule has 6 heteroatoms. The molecule has 0 aromatic heterocycles. The fraction of sp³-hybridized carbons (Fsp3) is 0.267. The summed E-state index contributed by atoms with van der Waals surface area (Å²) in [5.41, 5.74) is 2.60. The molecule has 0 bridgehead atoms. The number of hydrogen-bond acceptors (Lipinski definition) is 5. The van der Waals surface area contributed by atoms with Gasteiger partial charge in [-0.25, -0.2) is 8.42 Å². The van der Waals surface area contributed by atoms with Gasteiger partial charge in [0.05, 0.1) is 9.80 Å². The highest BCUT2D eigenvalue weighted by atomic mass is 32.2. The Labute approximate surface area is 214 Å². The van der Waals surface area contributed by atoms with Gasteiger partial charge < -0.3 is 4.90 Å². The first-order valence-electron chi connectivity index (χ1n) is 12.3. The number of anilines is 1. The van der Waals surface area contributed by atoms with Crippen molar-refractivity contribution in [2.75, 3.05) is 18.0 Å². The number of allylic oxidation sites excluding steroid dienone is 6. The Hall–Kier alpha value is -3.87. The van der Waals surface area contributed by atoms with Crippen LogP contribution in [0.2, 0.25) is 0 Å². The Morgan fingerprint density at radius 1 is 0.889 bits per heavy atom. The molecule has 0 saturated carbocycles. The lowest BCUT2D eigenvalue weighted by atomic mass is 10.0. The number of unbranched alkanes of at least 4 members (excludes halogenated alkanes) is 2. The third kappa shape index (κ3) is 6.03. The standard InChI is InChI=1S/C30H31N3O2S/c1-3-5-20-33(21-6-4-2)26-18-16-24(17-19-26)12-8-7-9-15-29-30(25(22-31)23-32)27-13-10-11-14-28(27)36(29,34)35/h7-19H,3-6,20-21H2,1-2H3. The zero-order valence-corrected chi connectivity index (χ0v) is 21.6. The maximum Gasteiger partial charge on any atom is 0.207 e. The van der Waals surface area contributed by atoms with Crippen LogP contribution in [0.5, 0.6) is 0 Å². The number of nitriles is 2. The molecule has 2 aromatic rings. The molecule has 184 valence electrons. The number of nitrogens with zero attached hydrogens (tertiary/aromatic N) is 3. The van der Waals surface area contributed by atoms with E-state index in [0.29, 0.717) is 5.56 Å². The predicted octanol–water partition coefficient (Wildman–Crippen LogP) is 6.83. The average molecular weight is 498 g/mol. The molecule has 2 aromatic carbocycles. The summed E-state index contributed by atoms with van der Waals surface area (Å²) in [6.07, 6.45) is 13.3. The van der Waals surface area contributed by atoms with Crippen LogP contribution < -0.4 is 4.90 Å². The van der Waals surface area contributed by atoms with Crippen LogP contribution in [0.4, 0.5) is 5.69 Å². The van der Waals surface area contributed by atoms with Gasteiger partial charge in [0.2, 0.25) is 9.84 Å². The van der Waals surface area contributed by atoms with Gasteiger partial charge in [0, 0.05) is 29.9 Å². The summed E-state index contributed by atoms with van der Waals surface area (Å²) >= 11 is 0. The van der Waals surface area contributed by atoms with Crippen molar-refractivity contribution >= 4 is 27.2 Å². The molecule has 0 radical (unpaired) electrons. The molecule has 0 atom stereocenters. The van der Waals surface area contributed by atoms with E-state index in [9.17, 15) is 18.9 Å². The summed E-state index contributed by atoms with van der Waals surface area (Å²) in [5, 5.41) is 18.8. The van der Waals surface area contributed by atoms with Crippen LogP contribution in [0, 0.1) is 22.7 Å². The number of hydrogen-bond donors (Lipinski definition) is 0. The highest BCUT2D eigenvalue weighted by Gasteiger charge is 2.37. The van der Waals surface area contributed by atoms with Crippen molar-refractivity contribution in [1.29, 1.82) is 10.5 Å². The average Bonchev–Trinajstić information content (AvgIpc) is 3.12. The minimum absolute atomic E-state index is 0.0324. The summed E-state index contributed by atoms with van der Waals surface area (Å²) < 4.78 is 26.1. The van der Waals surface area contributed by atoms with Gasteiger partial charge in [-0.15, -0.1) is 0 Å². The monoisotopic (exact) mass is 497 g/mol. The van der Waals surface area contributed by atoms with Crippen LogP contribution in [0.3, 0.4) is 0 Å². The fourth-order valence-electron chi connectivity index (χ4n) is 4.10. The Morgan fingerprint density at radius 2 is 1.53 bits per heavy atom. The van der Waals surface area contributed by atoms with E-state index in [2.05, 4.69) is 43.0 Å². The SMILES string of the molecule is CCCCN(CCCC)c1ccc(C=CC=CC=C2C(=C(C#N)C#N)c3ccccc3S2(=O)=O)cc1. The maximum absolute atomic E-state index is 13.1. The molecule has 36 heavy (non-hydrogen) atoms. The summed E-state index contributed by atoms with van der Waals surface area (Å²) in [6, 6.07) is 18.5. The second-order valence-electron chi connectivity index (χ2n) is 8.53. The zero-order chi connectivity index (χ0) is 26.0. The first-order valence-corrected chi connectivity index (χ1v) is 13.8. The van der Waals surface area contributed by atoms with Crippen LogP contribution in [-0.4, -0.2) is 21.5 Å². The Morgan fingerprint density at radius 3 is 2.14 bits per heavy atom. The second kappa shape index (κ2) is 12.7. The molecule has 0 amide bonds. The summed E-state index contributed by atoms with van der Waals surface area (Å²) in [5.74, 6) is 0. The smallest absolute Gasteiger partial charge is 0.207 e. The molecule has 0 aliphatic carbocycles. The second-order valence-corrected chi connectivity index (χ2v) is 10.4. The van der Waals surface area contributed by atoms with Gasteiger partial charge in [-0.05, 0) is 42.7 Å². The third-order valence-electron chi connectivity index (χ3n) is 6.04. The minimum Gasteiger partial charge on any atom is -0.372 e. The Kier molecular flexibility index (Phi) is 9.45. The Bertz CT molecular complexity index is 1360. The maximum atomic E-state index is 13.1. The van der Waals surface area contributed by atoms with Gasteiger partial charge >= 0.3 is 0 Å². The molecule has 1 aliphatic rings. The number of fused-ring (bicyclic) bond motifs is 1. The molecule has 0 saturated heterocycles. The van der Waals surface area contributed by atoms with Gasteiger partial charge in [0.25, 0.3) is 0 Å². The molecule has 0 spiro atoms. The lowest BCUT2D eigenvalue weighted by Crippen LogP contribution is -2.25. The summed E-state index contributed by atoms with van der Waals surface area (Å²) in [4.78, 5) is 2.52. The molecule has 0 fully saturated rings. The van der Waals surface area contributed by atoms with Crippen molar-refractivity contribution in [2.24, 2.45) is 0 Å². The number of rotatable bonds is 10. The topological polar surface area (TPSA) is 85.0 Å². The molecular weight excluding hydrogens is 466 g/mol. The van der Waals surface area contributed by atoms with Crippen LogP contribution in [-0.2, 0) is 9.84 Å². The molecule has 0 unspecified atom stereocenters. The highest BCUT2D eigenvalue weighted by Crippen LogP contribution is 2.44. The van der Waals surface area contributed by atoms with E-state index in [1.165, 1.54) is 43.5 Å². The van der Waals surface area contributed by atoms with Crippen molar-refractivity contribution in [1.82, 2.24) is 0 Å². The van der Waals surface area contributed by atoms with E-state index >= 15 is 0 Å². The lowest BCUT2D eigenvalue weighted by Gasteiger charge is -2.24.